The molecular weight excluding hydrogens is 328 g/mol. The summed E-state index contributed by atoms with van der Waals surface area (Å²) in [5, 5.41) is 0.461. The van der Waals surface area contributed by atoms with Crippen molar-refractivity contribution in [3.63, 3.8) is 0 Å². The molecular formula is C14H20BrClN2O. The molecule has 3 nitrogen and oxygen atoms in total. The number of nitrogens with zero attached hydrogens (tertiary/aromatic N) is 1. The quantitative estimate of drug-likeness (QED) is 0.885. The Morgan fingerprint density at radius 2 is 2.11 bits per heavy atom. The average Bonchev–Trinajstić information content (AvgIpc) is 2.35. The number of carbonyl (C=O) groups is 1. The number of nitrogens with two attached hydrogens (primary N) is 1. The monoisotopic (exact) mass is 346 g/mol. The molecule has 0 aliphatic carbocycles. The van der Waals surface area contributed by atoms with Gasteiger partial charge in [0, 0.05) is 17.6 Å². The van der Waals surface area contributed by atoms with E-state index >= 15 is 0 Å². The first-order valence-corrected chi connectivity index (χ1v) is 7.42. The van der Waals surface area contributed by atoms with Crippen molar-refractivity contribution >= 4 is 33.4 Å². The highest BCUT2D eigenvalue weighted by molar-refractivity contribution is 9.10. The van der Waals surface area contributed by atoms with E-state index in [0.29, 0.717) is 30.2 Å². The lowest BCUT2D eigenvalue weighted by Crippen LogP contribution is -2.42. The maximum Gasteiger partial charge on any atom is 0.255 e. The topological polar surface area (TPSA) is 46.3 Å². The standard InChI is InChI=1S/C14H20BrClN2O/c1-4-18(9-14(2,3)8-17)13(19)11-6-5-10(15)7-12(11)16/h5-7H,4,8-9,17H2,1-3H3. The van der Waals surface area contributed by atoms with Gasteiger partial charge in [-0.1, -0.05) is 41.4 Å². The lowest BCUT2D eigenvalue weighted by atomic mass is 9.93. The minimum atomic E-state index is -0.104. The minimum absolute atomic E-state index is 0.0541. The van der Waals surface area contributed by atoms with Crippen LogP contribution in [0.3, 0.4) is 0 Å². The lowest BCUT2D eigenvalue weighted by molar-refractivity contribution is 0.0701. The average molecular weight is 348 g/mol. The van der Waals surface area contributed by atoms with E-state index < -0.39 is 0 Å². The Kier molecular flexibility index (Phi) is 5.83. The van der Waals surface area contributed by atoms with Crippen molar-refractivity contribution in [1.82, 2.24) is 4.90 Å². The summed E-state index contributed by atoms with van der Waals surface area (Å²) in [7, 11) is 0. The second kappa shape index (κ2) is 6.73. The zero-order chi connectivity index (χ0) is 14.6. The zero-order valence-electron chi connectivity index (χ0n) is 11.5. The Bertz CT molecular complexity index is 463. The third-order valence-electron chi connectivity index (χ3n) is 3.00. The van der Waals surface area contributed by atoms with Crippen LogP contribution in [-0.2, 0) is 0 Å². The summed E-state index contributed by atoms with van der Waals surface area (Å²) in [4.78, 5) is 14.3. The van der Waals surface area contributed by atoms with Crippen molar-refractivity contribution < 1.29 is 4.79 Å². The van der Waals surface area contributed by atoms with Crippen molar-refractivity contribution in [3.8, 4) is 0 Å². The van der Waals surface area contributed by atoms with Crippen LogP contribution in [0, 0.1) is 5.41 Å². The van der Waals surface area contributed by atoms with Gasteiger partial charge >= 0.3 is 0 Å². The summed E-state index contributed by atoms with van der Waals surface area (Å²) in [6.45, 7) is 7.83. The van der Waals surface area contributed by atoms with Crippen LogP contribution in [-0.4, -0.2) is 30.4 Å². The Balaban J connectivity index is 2.96. The predicted molar refractivity (Wildman–Crippen MR) is 83.6 cm³/mol. The fourth-order valence-corrected chi connectivity index (χ4v) is 2.50. The smallest absolute Gasteiger partial charge is 0.255 e. The zero-order valence-corrected chi connectivity index (χ0v) is 13.9. The first kappa shape index (κ1) is 16.5. The van der Waals surface area contributed by atoms with Crippen LogP contribution in [0.2, 0.25) is 5.02 Å². The molecule has 0 unspecified atom stereocenters. The Morgan fingerprint density at radius 1 is 1.47 bits per heavy atom. The van der Waals surface area contributed by atoms with Gasteiger partial charge in [-0.3, -0.25) is 4.79 Å². The predicted octanol–water partition coefficient (Wildman–Crippen LogP) is 3.55. The fraction of sp³-hybridized carbons (Fsp3) is 0.500. The van der Waals surface area contributed by atoms with Gasteiger partial charge in [0.15, 0.2) is 0 Å². The van der Waals surface area contributed by atoms with Gasteiger partial charge < -0.3 is 10.6 Å². The second-order valence-corrected chi connectivity index (χ2v) is 6.63. The van der Waals surface area contributed by atoms with E-state index in [9.17, 15) is 4.79 Å². The molecule has 0 aromatic heterocycles. The molecule has 0 radical (unpaired) electrons. The van der Waals surface area contributed by atoms with Crippen LogP contribution in [0.25, 0.3) is 0 Å². The molecule has 19 heavy (non-hydrogen) atoms. The number of benzene rings is 1. The van der Waals surface area contributed by atoms with Crippen LogP contribution in [0.4, 0.5) is 0 Å². The van der Waals surface area contributed by atoms with Gasteiger partial charge in [0.2, 0.25) is 0 Å². The summed E-state index contributed by atoms with van der Waals surface area (Å²) >= 11 is 9.46. The lowest BCUT2D eigenvalue weighted by Gasteiger charge is -2.31. The Morgan fingerprint density at radius 3 is 2.58 bits per heavy atom. The molecule has 106 valence electrons. The van der Waals surface area contributed by atoms with Gasteiger partial charge in [-0.15, -0.1) is 0 Å². The SMILES string of the molecule is CCN(CC(C)(C)CN)C(=O)c1ccc(Br)cc1Cl. The normalized spacial score (nSPS) is 11.5. The van der Waals surface area contributed by atoms with Gasteiger partial charge in [0.1, 0.15) is 0 Å². The third kappa shape index (κ3) is 4.48. The highest BCUT2D eigenvalue weighted by Gasteiger charge is 2.24. The largest absolute Gasteiger partial charge is 0.338 e. The van der Waals surface area contributed by atoms with Gasteiger partial charge in [-0.2, -0.15) is 0 Å². The molecule has 0 bridgehead atoms. The summed E-state index contributed by atoms with van der Waals surface area (Å²) < 4.78 is 0.861. The van der Waals surface area contributed by atoms with Gasteiger partial charge in [-0.25, -0.2) is 0 Å². The molecule has 1 aromatic carbocycles. The molecule has 5 heteroatoms. The number of carbonyl (C=O) groups excluding carboxylic acids is 1. The molecule has 2 N–H and O–H groups in total. The van der Waals surface area contributed by atoms with E-state index in [0.717, 1.165) is 4.47 Å². The van der Waals surface area contributed by atoms with E-state index in [4.69, 9.17) is 17.3 Å². The summed E-state index contributed by atoms with van der Waals surface area (Å²) in [6.07, 6.45) is 0. The molecule has 1 aromatic rings. The molecule has 0 aliphatic heterocycles. The molecule has 0 saturated heterocycles. The number of halogens is 2. The van der Waals surface area contributed by atoms with E-state index in [-0.39, 0.29) is 11.3 Å². The minimum Gasteiger partial charge on any atom is -0.338 e. The highest BCUT2D eigenvalue weighted by Crippen LogP contribution is 2.24. The first-order chi connectivity index (χ1) is 8.80. The summed E-state index contributed by atoms with van der Waals surface area (Å²) in [6, 6.07) is 5.30. The van der Waals surface area contributed by atoms with Crippen molar-refractivity contribution in [2.24, 2.45) is 11.1 Å². The van der Waals surface area contributed by atoms with Gasteiger partial charge in [0.25, 0.3) is 5.91 Å². The highest BCUT2D eigenvalue weighted by atomic mass is 79.9. The molecule has 0 fully saturated rings. The van der Waals surface area contributed by atoms with Crippen molar-refractivity contribution in [2.45, 2.75) is 20.8 Å². The molecule has 0 aliphatic rings. The van der Waals surface area contributed by atoms with Crippen molar-refractivity contribution in [1.29, 1.82) is 0 Å². The van der Waals surface area contributed by atoms with Crippen LogP contribution in [0.1, 0.15) is 31.1 Å². The first-order valence-electron chi connectivity index (χ1n) is 6.25. The number of amides is 1. The maximum absolute atomic E-state index is 12.5. The number of hydrogen-bond acceptors (Lipinski definition) is 2. The van der Waals surface area contributed by atoms with Crippen LogP contribution >= 0.6 is 27.5 Å². The molecule has 1 amide bonds. The van der Waals surface area contributed by atoms with Crippen molar-refractivity contribution in [3.05, 3.63) is 33.3 Å². The van der Waals surface area contributed by atoms with Gasteiger partial charge in [-0.05, 0) is 37.1 Å². The molecule has 0 spiro atoms. The Hall–Kier alpha value is -0.580. The molecule has 0 heterocycles. The van der Waals surface area contributed by atoms with Gasteiger partial charge in [0.05, 0.1) is 10.6 Å². The third-order valence-corrected chi connectivity index (χ3v) is 3.81. The van der Waals surface area contributed by atoms with E-state index in [2.05, 4.69) is 15.9 Å². The Labute approximate surface area is 128 Å². The van der Waals surface area contributed by atoms with Crippen LogP contribution in [0.5, 0.6) is 0 Å². The summed E-state index contributed by atoms with van der Waals surface area (Å²) in [5.74, 6) is -0.0541. The van der Waals surface area contributed by atoms with E-state index in [1.807, 2.05) is 26.8 Å². The van der Waals surface area contributed by atoms with E-state index in [1.165, 1.54) is 0 Å². The fourth-order valence-electron chi connectivity index (χ4n) is 1.74. The van der Waals surface area contributed by atoms with E-state index in [1.54, 1.807) is 17.0 Å². The number of hydrogen-bond donors (Lipinski definition) is 1. The van der Waals surface area contributed by atoms with Crippen LogP contribution < -0.4 is 5.73 Å². The maximum atomic E-state index is 12.5. The number of rotatable bonds is 5. The molecule has 0 saturated carbocycles. The molecule has 1 rings (SSSR count). The van der Waals surface area contributed by atoms with Crippen LogP contribution in [0.15, 0.2) is 22.7 Å². The summed E-state index contributed by atoms with van der Waals surface area (Å²) in [5.41, 5.74) is 6.15. The van der Waals surface area contributed by atoms with Crippen molar-refractivity contribution in [2.75, 3.05) is 19.6 Å². The second-order valence-electron chi connectivity index (χ2n) is 5.31. The molecule has 0 atom stereocenters.